The first kappa shape index (κ1) is 17.5. The molecule has 1 amide bonds. The van der Waals surface area contributed by atoms with Crippen LogP contribution >= 0.6 is 11.6 Å². The fraction of sp³-hybridized carbons (Fsp3) is 0.133. The van der Waals surface area contributed by atoms with E-state index in [-0.39, 0.29) is 16.3 Å². The Morgan fingerprint density at radius 3 is 2.76 bits per heavy atom. The lowest BCUT2D eigenvalue weighted by molar-refractivity contribution is -0.117. The molecule has 132 valence electrons. The minimum absolute atomic E-state index is 0.00282. The molecule has 25 heavy (non-hydrogen) atoms. The van der Waals surface area contributed by atoms with Crippen LogP contribution in [-0.4, -0.2) is 27.6 Å². The van der Waals surface area contributed by atoms with Crippen molar-refractivity contribution in [3.8, 4) is 5.75 Å². The van der Waals surface area contributed by atoms with Crippen LogP contribution in [0.3, 0.4) is 0 Å². The standard InChI is InChI=1S/C15H13ClFN3O4S/c1-24-12-4-2-8(16)6-10(12)19-15(21)14-18-11-7-9(17)3-5-13(11)25(22,23)20-14/h2-7,14,18,20H,1H3,(H,19,21)/t14-/m0/s1. The van der Waals surface area contributed by atoms with Gasteiger partial charge in [0.15, 0.2) is 6.17 Å². The number of nitrogens with one attached hydrogen (secondary N) is 3. The molecule has 3 rings (SSSR count). The van der Waals surface area contributed by atoms with Crippen LogP contribution in [0.1, 0.15) is 0 Å². The number of methoxy groups -OCH3 is 1. The zero-order valence-electron chi connectivity index (χ0n) is 12.8. The Bertz CT molecular complexity index is 952. The molecule has 0 saturated heterocycles. The fourth-order valence-corrected chi connectivity index (χ4v) is 3.78. The third kappa shape index (κ3) is 3.53. The zero-order chi connectivity index (χ0) is 18.2. The van der Waals surface area contributed by atoms with Crippen molar-refractivity contribution in [2.75, 3.05) is 17.7 Å². The predicted octanol–water partition coefficient (Wildman–Crippen LogP) is 2.16. The van der Waals surface area contributed by atoms with Gasteiger partial charge >= 0.3 is 0 Å². The summed E-state index contributed by atoms with van der Waals surface area (Å²) in [7, 11) is -2.55. The van der Waals surface area contributed by atoms with Gasteiger partial charge in [0.25, 0.3) is 5.91 Å². The van der Waals surface area contributed by atoms with Crippen molar-refractivity contribution in [3.63, 3.8) is 0 Å². The van der Waals surface area contributed by atoms with Crippen molar-refractivity contribution in [1.29, 1.82) is 0 Å². The SMILES string of the molecule is COc1ccc(Cl)cc1NC(=O)[C@H]1Nc2cc(F)ccc2S(=O)(=O)N1. The summed E-state index contributed by atoms with van der Waals surface area (Å²) in [6.07, 6.45) is -1.33. The Balaban J connectivity index is 1.88. The Hall–Kier alpha value is -2.36. The van der Waals surface area contributed by atoms with Crippen molar-refractivity contribution >= 4 is 38.9 Å². The van der Waals surface area contributed by atoms with Gasteiger partial charge in [-0.15, -0.1) is 0 Å². The molecule has 2 aromatic carbocycles. The van der Waals surface area contributed by atoms with E-state index in [1.54, 1.807) is 12.1 Å². The zero-order valence-corrected chi connectivity index (χ0v) is 14.4. The lowest BCUT2D eigenvalue weighted by Gasteiger charge is -2.27. The van der Waals surface area contributed by atoms with Gasteiger partial charge in [-0.25, -0.2) is 12.8 Å². The Morgan fingerprint density at radius 2 is 2.04 bits per heavy atom. The summed E-state index contributed by atoms with van der Waals surface area (Å²) in [6, 6.07) is 7.75. The van der Waals surface area contributed by atoms with Crippen LogP contribution in [0.15, 0.2) is 41.3 Å². The molecule has 0 radical (unpaired) electrons. The van der Waals surface area contributed by atoms with E-state index in [0.717, 1.165) is 18.2 Å². The van der Waals surface area contributed by atoms with Crippen molar-refractivity contribution in [1.82, 2.24) is 4.72 Å². The van der Waals surface area contributed by atoms with Crippen LogP contribution in [0.25, 0.3) is 0 Å². The number of carbonyl (C=O) groups excluding carboxylic acids is 1. The van der Waals surface area contributed by atoms with Crippen LogP contribution < -0.4 is 20.1 Å². The Kier molecular flexibility index (Phi) is 4.55. The molecule has 1 heterocycles. The van der Waals surface area contributed by atoms with Crippen molar-refractivity contribution < 1.29 is 22.3 Å². The molecular weight excluding hydrogens is 373 g/mol. The van der Waals surface area contributed by atoms with Crippen LogP contribution in [-0.2, 0) is 14.8 Å². The smallest absolute Gasteiger partial charge is 0.263 e. The highest BCUT2D eigenvalue weighted by molar-refractivity contribution is 7.89. The predicted molar refractivity (Wildman–Crippen MR) is 90.8 cm³/mol. The highest BCUT2D eigenvalue weighted by Crippen LogP contribution is 2.29. The van der Waals surface area contributed by atoms with E-state index in [0.29, 0.717) is 10.8 Å². The normalized spacial score (nSPS) is 18.0. The molecule has 1 aliphatic heterocycles. The number of carbonyl (C=O) groups is 1. The lowest BCUT2D eigenvalue weighted by atomic mass is 10.2. The highest BCUT2D eigenvalue weighted by Gasteiger charge is 2.33. The van der Waals surface area contributed by atoms with E-state index in [1.165, 1.54) is 13.2 Å². The van der Waals surface area contributed by atoms with E-state index >= 15 is 0 Å². The summed E-state index contributed by atoms with van der Waals surface area (Å²) in [4.78, 5) is 12.3. The number of benzene rings is 2. The second-order valence-electron chi connectivity index (χ2n) is 5.17. The maximum atomic E-state index is 13.4. The molecule has 0 aromatic heterocycles. The average Bonchev–Trinajstić information content (AvgIpc) is 2.53. The van der Waals surface area contributed by atoms with Gasteiger partial charge in [-0.3, -0.25) is 4.79 Å². The number of hydrogen-bond donors (Lipinski definition) is 3. The summed E-state index contributed by atoms with van der Waals surface area (Å²) < 4.78 is 45.1. The highest BCUT2D eigenvalue weighted by atomic mass is 35.5. The third-order valence-electron chi connectivity index (χ3n) is 3.49. The van der Waals surface area contributed by atoms with Gasteiger partial charge < -0.3 is 15.4 Å². The molecule has 1 atom stereocenters. The molecule has 0 unspecified atom stereocenters. The summed E-state index contributed by atoms with van der Waals surface area (Å²) in [6.45, 7) is 0. The van der Waals surface area contributed by atoms with Gasteiger partial charge in [0.2, 0.25) is 10.0 Å². The number of sulfonamides is 1. The molecule has 0 saturated carbocycles. The Labute approximate surface area is 148 Å². The first-order chi connectivity index (χ1) is 11.8. The molecule has 0 bridgehead atoms. The fourth-order valence-electron chi connectivity index (χ4n) is 2.35. The summed E-state index contributed by atoms with van der Waals surface area (Å²) in [5.41, 5.74) is 0.267. The second-order valence-corrected chi connectivity index (χ2v) is 7.29. The van der Waals surface area contributed by atoms with Gasteiger partial charge in [-0.2, -0.15) is 4.72 Å². The summed E-state index contributed by atoms with van der Waals surface area (Å²) in [5.74, 6) is -0.985. The number of rotatable bonds is 3. The molecule has 0 spiro atoms. The molecular formula is C15H13ClFN3O4S. The van der Waals surface area contributed by atoms with E-state index in [2.05, 4.69) is 15.4 Å². The molecule has 0 aliphatic carbocycles. The molecule has 1 aliphatic rings. The van der Waals surface area contributed by atoms with Crippen LogP contribution in [0.5, 0.6) is 5.75 Å². The number of hydrogen-bond acceptors (Lipinski definition) is 5. The van der Waals surface area contributed by atoms with Crippen molar-refractivity contribution in [3.05, 3.63) is 47.2 Å². The van der Waals surface area contributed by atoms with E-state index in [1.807, 2.05) is 0 Å². The maximum absolute atomic E-state index is 13.4. The van der Waals surface area contributed by atoms with Gasteiger partial charge in [-0.1, -0.05) is 11.6 Å². The number of amides is 1. The first-order valence-electron chi connectivity index (χ1n) is 7.03. The van der Waals surface area contributed by atoms with Gasteiger partial charge in [0, 0.05) is 5.02 Å². The van der Waals surface area contributed by atoms with E-state index in [9.17, 15) is 17.6 Å². The number of halogens is 2. The first-order valence-corrected chi connectivity index (χ1v) is 8.89. The van der Waals surface area contributed by atoms with Gasteiger partial charge in [0.05, 0.1) is 18.5 Å². The lowest BCUT2D eigenvalue weighted by Crippen LogP contribution is -2.51. The Morgan fingerprint density at radius 1 is 1.28 bits per heavy atom. The largest absolute Gasteiger partial charge is 0.495 e. The summed E-state index contributed by atoms with van der Waals surface area (Å²) in [5, 5.41) is 5.53. The minimum Gasteiger partial charge on any atom is -0.495 e. The van der Waals surface area contributed by atoms with Crippen LogP contribution in [0.2, 0.25) is 5.02 Å². The quantitative estimate of drug-likeness (QED) is 0.752. The van der Waals surface area contributed by atoms with E-state index < -0.39 is 27.9 Å². The number of anilines is 2. The number of fused-ring (bicyclic) bond motifs is 1. The van der Waals surface area contributed by atoms with Gasteiger partial charge in [0.1, 0.15) is 16.5 Å². The third-order valence-corrected chi connectivity index (χ3v) is 5.20. The second kappa shape index (κ2) is 6.51. The molecule has 10 heteroatoms. The van der Waals surface area contributed by atoms with Crippen molar-refractivity contribution in [2.24, 2.45) is 0 Å². The average molecular weight is 386 g/mol. The van der Waals surface area contributed by atoms with Crippen LogP contribution in [0, 0.1) is 5.82 Å². The molecule has 3 N–H and O–H groups in total. The van der Waals surface area contributed by atoms with Crippen LogP contribution in [0.4, 0.5) is 15.8 Å². The summed E-state index contributed by atoms with van der Waals surface area (Å²) >= 11 is 5.90. The maximum Gasteiger partial charge on any atom is 0.263 e. The molecule has 0 fully saturated rings. The minimum atomic E-state index is -3.97. The number of ether oxygens (including phenoxy) is 1. The topological polar surface area (TPSA) is 96.5 Å². The van der Waals surface area contributed by atoms with Gasteiger partial charge in [-0.05, 0) is 36.4 Å². The van der Waals surface area contributed by atoms with E-state index in [4.69, 9.17) is 16.3 Å². The van der Waals surface area contributed by atoms with Crippen molar-refractivity contribution in [2.45, 2.75) is 11.1 Å². The molecule has 2 aromatic rings. The monoisotopic (exact) mass is 385 g/mol. The molecule has 7 nitrogen and oxygen atoms in total.